The predicted octanol–water partition coefficient (Wildman–Crippen LogP) is 8.90. The molecule has 0 saturated carbocycles. The third-order valence-electron chi connectivity index (χ3n) is 8.75. The van der Waals surface area contributed by atoms with Crippen LogP contribution in [0.1, 0.15) is 105 Å². The number of hydrogen-bond acceptors (Lipinski definition) is 8. The molecule has 0 aliphatic rings. The van der Waals surface area contributed by atoms with Crippen LogP contribution in [-0.2, 0) is 20.4 Å². The van der Waals surface area contributed by atoms with E-state index >= 15 is 0 Å². The molecule has 12 heteroatoms. The summed E-state index contributed by atoms with van der Waals surface area (Å²) in [5.74, 6) is 2.40. The van der Waals surface area contributed by atoms with Gasteiger partial charge in [-0.3, -0.25) is 4.57 Å². The van der Waals surface area contributed by atoms with Crippen molar-refractivity contribution in [3.8, 4) is 0 Å². The SMILES string of the molecule is C[C@H](Cn1cnc2c(N)ncnc21)OCP(=O)(O)OCCCSCCCCCCCCCCCCC[Si](C)(C)C(C)(C)C. The van der Waals surface area contributed by atoms with E-state index in [1.54, 1.807) is 10.9 Å². The molecular weight excluding hydrogens is 597 g/mol. The number of rotatable bonds is 24. The summed E-state index contributed by atoms with van der Waals surface area (Å²) in [5.41, 5.74) is 6.96. The Labute approximate surface area is 266 Å². The third-order valence-corrected chi connectivity index (χ3v) is 16.6. The molecule has 0 aliphatic carbocycles. The van der Waals surface area contributed by atoms with Crippen molar-refractivity contribution in [3.05, 3.63) is 12.7 Å². The van der Waals surface area contributed by atoms with Crippen LogP contribution in [0.2, 0.25) is 24.2 Å². The van der Waals surface area contributed by atoms with Gasteiger partial charge < -0.3 is 24.5 Å². The van der Waals surface area contributed by atoms with E-state index in [9.17, 15) is 9.46 Å². The number of hydrogen-bond donors (Lipinski definition) is 2. The number of ether oxygens (including phenoxy) is 1. The van der Waals surface area contributed by atoms with Crippen LogP contribution in [0, 0.1) is 0 Å². The molecule has 0 amide bonds. The van der Waals surface area contributed by atoms with E-state index in [2.05, 4.69) is 48.8 Å². The molecular formula is C31H60N5O4PSSi. The molecule has 2 aromatic rings. The van der Waals surface area contributed by atoms with E-state index in [1.807, 2.05) is 18.7 Å². The zero-order valence-corrected chi connectivity index (χ0v) is 30.6. The van der Waals surface area contributed by atoms with Crippen molar-refractivity contribution in [3.63, 3.8) is 0 Å². The number of nitrogens with two attached hydrogens (primary N) is 1. The number of fused-ring (bicyclic) bond motifs is 1. The fourth-order valence-electron chi connectivity index (χ4n) is 4.83. The lowest BCUT2D eigenvalue weighted by Crippen LogP contribution is -2.36. The molecule has 0 saturated heterocycles. The molecule has 2 aromatic heterocycles. The molecule has 2 atom stereocenters. The second-order valence-corrected chi connectivity index (χ2v) is 22.4. The zero-order chi connectivity index (χ0) is 31.8. The summed E-state index contributed by atoms with van der Waals surface area (Å²) in [6.07, 6.45) is 18.2. The number of thioether (sulfide) groups is 1. The number of unbranched alkanes of at least 4 members (excludes halogenated alkanes) is 10. The smallest absolute Gasteiger partial charge is 0.353 e. The van der Waals surface area contributed by atoms with Gasteiger partial charge in [0.05, 0.1) is 33.7 Å². The first-order valence-corrected chi connectivity index (χ1v) is 22.5. The average molecular weight is 658 g/mol. The average Bonchev–Trinajstić information content (AvgIpc) is 3.34. The van der Waals surface area contributed by atoms with E-state index in [-0.39, 0.29) is 19.1 Å². The van der Waals surface area contributed by atoms with Crippen molar-refractivity contribution in [2.45, 2.75) is 142 Å². The van der Waals surface area contributed by atoms with E-state index < -0.39 is 15.7 Å². The van der Waals surface area contributed by atoms with Crippen LogP contribution < -0.4 is 5.73 Å². The quantitative estimate of drug-likeness (QED) is 0.0646. The second-order valence-electron chi connectivity index (χ2n) is 13.6. The summed E-state index contributed by atoms with van der Waals surface area (Å²) in [6, 6.07) is 1.48. The lowest BCUT2D eigenvalue weighted by Gasteiger charge is -2.37. The molecule has 0 fully saturated rings. The molecule has 0 aliphatic heterocycles. The van der Waals surface area contributed by atoms with Crippen molar-refractivity contribution in [1.29, 1.82) is 0 Å². The number of aromatic nitrogens is 4. The fourth-order valence-corrected chi connectivity index (χ4v) is 8.58. The van der Waals surface area contributed by atoms with Crippen molar-refractivity contribution < 1.29 is 18.7 Å². The first kappa shape index (κ1) is 38.2. The number of imidazole rings is 1. The van der Waals surface area contributed by atoms with Crippen LogP contribution in [0.5, 0.6) is 0 Å². The van der Waals surface area contributed by atoms with Gasteiger partial charge in [0, 0.05) is 0 Å². The van der Waals surface area contributed by atoms with Crippen molar-refractivity contribution in [2.24, 2.45) is 0 Å². The normalized spacial score (nSPS) is 14.8. The highest BCUT2D eigenvalue weighted by Crippen LogP contribution is 2.42. The van der Waals surface area contributed by atoms with Crippen molar-refractivity contribution in [1.82, 2.24) is 19.5 Å². The Morgan fingerprint density at radius 2 is 1.53 bits per heavy atom. The second kappa shape index (κ2) is 19.5. The third kappa shape index (κ3) is 15.2. The van der Waals surface area contributed by atoms with Gasteiger partial charge >= 0.3 is 7.60 Å². The standard InChI is InChI=1S/C31H60N5O4PSSi/c1-27(23-36-25-35-28-29(32)33-24-34-30(28)36)39-26-41(37,38)40-19-18-21-42-20-16-14-12-10-8-7-9-11-13-15-17-22-43(5,6)31(2,3)4/h24-25,27H,7-23,26H2,1-6H3,(H,37,38)(H2,32,33,34)/t27-/m1/s1. The van der Waals surface area contributed by atoms with Crippen LogP contribution in [0.15, 0.2) is 12.7 Å². The molecule has 3 N–H and O–H groups in total. The Bertz CT molecular complexity index is 1100. The van der Waals surface area contributed by atoms with Crippen LogP contribution in [-0.4, -0.2) is 63.1 Å². The fraction of sp³-hybridized carbons (Fsp3) is 0.839. The maximum absolute atomic E-state index is 12.3. The number of nitrogen functional groups attached to an aromatic ring is 1. The van der Waals surface area contributed by atoms with E-state index in [0.717, 1.165) is 17.9 Å². The van der Waals surface area contributed by atoms with Gasteiger partial charge in [0.2, 0.25) is 0 Å². The monoisotopic (exact) mass is 657 g/mol. The van der Waals surface area contributed by atoms with Crippen LogP contribution >= 0.6 is 19.4 Å². The summed E-state index contributed by atoms with van der Waals surface area (Å²) in [5, 5.41) is 0.526. The van der Waals surface area contributed by atoms with Gasteiger partial charge in [-0.2, -0.15) is 11.8 Å². The Kier molecular flexibility index (Phi) is 17.3. The summed E-state index contributed by atoms with van der Waals surface area (Å²) < 4.78 is 25.0. The highest BCUT2D eigenvalue weighted by Gasteiger charge is 2.33. The van der Waals surface area contributed by atoms with Gasteiger partial charge in [0.15, 0.2) is 11.5 Å². The highest BCUT2D eigenvalue weighted by atomic mass is 32.2. The summed E-state index contributed by atoms with van der Waals surface area (Å²) >= 11 is 1.90. The van der Waals surface area contributed by atoms with Crippen LogP contribution in [0.25, 0.3) is 11.2 Å². The first-order chi connectivity index (χ1) is 20.3. The molecule has 0 radical (unpaired) electrons. The van der Waals surface area contributed by atoms with Gasteiger partial charge in [-0.25, -0.2) is 15.0 Å². The Morgan fingerprint density at radius 1 is 0.953 bits per heavy atom. The minimum atomic E-state index is -3.79. The van der Waals surface area contributed by atoms with Gasteiger partial charge in [0.25, 0.3) is 0 Å². The molecule has 0 spiro atoms. The molecule has 0 bridgehead atoms. The maximum atomic E-state index is 12.3. The highest BCUT2D eigenvalue weighted by molar-refractivity contribution is 7.99. The molecule has 2 heterocycles. The number of anilines is 1. The maximum Gasteiger partial charge on any atom is 0.353 e. The van der Waals surface area contributed by atoms with Gasteiger partial charge in [-0.15, -0.1) is 0 Å². The Morgan fingerprint density at radius 3 is 2.16 bits per heavy atom. The van der Waals surface area contributed by atoms with Gasteiger partial charge in [-0.1, -0.05) is 104 Å². The summed E-state index contributed by atoms with van der Waals surface area (Å²) in [4.78, 5) is 22.5. The molecule has 248 valence electrons. The lowest BCUT2D eigenvalue weighted by atomic mass is 10.1. The summed E-state index contributed by atoms with van der Waals surface area (Å²) in [7, 11) is -4.87. The molecule has 2 rings (SSSR count). The molecule has 0 aromatic carbocycles. The van der Waals surface area contributed by atoms with E-state index in [4.69, 9.17) is 15.0 Å². The van der Waals surface area contributed by atoms with E-state index in [1.165, 1.54) is 83.0 Å². The van der Waals surface area contributed by atoms with Crippen LogP contribution in [0.3, 0.4) is 0 Å². The Balaban J connectivity index is 1.37. The number of nitrogens with zero attached hydrogens (tertiary/aromatic N) is 4. The molecule has 43 heavy (non-hydrogen) atoms. The largest absolute Gasteiger partial charge is 0.382 e. The summed E-state index contributed by atoms with van der Waals surface area (Å²) in [6.45, 7) is 14.9. The van der Waals surface area contributed by atoms with Gasteiger partial charge in [-0.05, 0) is 36.3 Å². The minimum Gasteiger partial charge on any atom is -0.382 e. The zero-order valence-electron chi connectivity index (χ0n) is 27.9. The molecule has 9 nitrogen and oxygen atoms in total. The van der Waals surface area contributed by atoms with Crippen molar-refractivity contribution >= 4 is 44.4 Å². The van der Waals surface area contributed by atoms with Crippen molar-refractivity contribution in [2.75, 3.05) is 30.2 Å². The lowest BCUT2D eigenvalue weighted by molar-refractivity contribution is 0.0718. The topological polar surface area (TPSA) is 125 Å². The Hall–Kier alpha value is -0.973. The van der Waals surface area contributed by atoms with Crippen LogP contribution in [0.4, 0.5) is 5.82 Å². The first-order valence-electron chi connectivity index (χ1n) is 16.4. The van der Waals surface area contributed by atoms with E-state index in [0.29, 0.717) is 28.6 Å². The minimum absolute atomic E-state index is 0.261. The molecule has 1 unspecified atom stereocenters. The van der Waals surface area contributed by atoms with Gasteiger partial charge in [0.1, 0.15) is 18.2 Å². The predicted molar refractivity (Wildman–Crippen MR) is 186 cm³/mol.